The Balaban J connectivity index is 2.41. The van der Waals surface area contributed by atoms with Gasteiger partial charge in [-0.25, -0.2) is 13.1 Å². The number of hydrogen-bond donors (Lipinski definition) is 2. The molecule has 17 heavy (non-hydrogen) atoms. The van der Waals surface area contributed by atoms with E-state index in [0.717, 1.165) is 6.26 Å². The molecule has 94 valence electrons. The molecule has 0 aliphatic carbocycles. The normalized spacial score (nSPS) is 11.2. The first-order valence-corrected chi connectivity index (χ1v) is 7.00. The van der Waals surface area contributed by atoms with Gasteiger partial charge in [0, 0.05) is 24.3 Å². The number of nitrogens with one attached hydrogen (secondary N) is 2. The number of amides is 1. The molecule has 1 aromatic heterocycles. The molecule has 0 radical (unpaired) electrons. The molecular weight excluding hydrogens is 266 g/mol. The number of sulfonamides is 1. The third kappa shape index (κ3) is 5.62. The molecule has 1 aromatic rings. The molecule has 0 saturated heterocycles. The van der Waals surface area contributed by atoms with Gasteiger partial charge in [0.15, 0.2) is 0 Å². The first kappa shape index (κ1) is 13.9. The molecule has 0 spiro atoms. The number of hydrogen-bond acceptors (Lipinski definition) is 4. The van der Waals surface area contributed by atoms with Crippen LogP contribution >= 0.6 is 11.6 Å². The summed E-state index contributed by atoms with van der Waals surface area (Å²) in [6.07, 6.45) is 2.47. The average molecular weight is 278 g/mol. The van der Waals surface area contributed by atoms with Gasteiger partial charge in [-0.05, 0) is 12.1 Å². The van der Waals surface area contributed by atoms with E-state index in [4.69, 9.17) is 11.6 Å². The van der Waals surface area contributed by atoms with Crippen molar-refractivity contribution >= 4 is 27.5 Å². The number of carbonyl (C=O) groups is 1. The van der Waals surface area contributed by atoms with Crippen LogP contribution in [0.3, 0.4) is 0 Å². The van der Waals surface area contributed by atoms with Crippen molar-refractivity contribution in [3.05, 3.63) is 29.0 Å². The number of pyridine rings is 1. The molecule has 0 bridgehead atoms. The van der Waals surface area contributed by atoms with E-state index in [9.17, 15) is 13.2 Å². The van der Waals surface area contributed by atoms with Gasteiger partial charge in [0.05, 0.1) is 6.26 Å². The minimum atomic E-state index is -3.23. The second-order valence-corrected chi connectivity index (χ2v) is 5.55. The molecule has 1 rings (SSSR count). The van der Waals surface area contributed by atoms with Crippen molar-refractivity contribution in [2.75, 3.05) is 19.3 Å². The molecule has 0 unspecified atom stereocenters. The Labute approximate surface area is 104 Å². The molecule has 0 fully saturated rings. The summed E-state index contributed by atoms with van der Waals surface area (Å²) < 4.78 is 23.7. The fraction of sp³-hybridized carbons (Fsp3) is 0.333. The molecule has 6 nitrogen and oxygen atoms in total. The highest BCUT2D eigenvalue weighted by Gasteiger charge is 2.07. The molecule has 0 aliphatic rings. The topological polar surface area (TPSA) is 88.2 Å². The van der Waals surface area contributed by atoms with Crippen LogP contribution in [0.1, 0.15) is 10.5 Å². The second kappa shape index (κ2) is 5.95. The van der Waals surface area contributed by atoms with E-state index >= 15 is 0 Å². The first-order chi connectivity index (χ1) is 7.88. The van der Waals surface area contributed by atoms with E-state index in [2.05, 4.69) is 15.0 Å². The van der Waals surface area contributed by atoms with Crippen LogP contribution in [0.25, 0.3) is 0 Å². The van der Waals surface area contributed by atoms with Gasteiger partial charge in [-0.2, -0.15) is 0 Å². The van der Waals surface area contributed by atoms with Gasteiger partial charge in [-0.3, -0.25) is 9.78 Å². The zero-order valence-corrected chi connectivity index (χ0v) is 10.7. The van der Waals surface area contributed by atoms with E-state index < -0.39 is 15.9 Å². The van der Waals surface area contributed by atoms with Crippen molar-refractivity contribution in [3.63, 3.8) is 0 Å². The summed E-state index contributed by atoms with van der Waals surface area (Å²) in [6, 6.07) is 2.99. The highest BCUT2D eigenvalue weighted by molar-refractivity contribution is 7.88. The van der Waals surface area contributed by atoms with E-state index in [-0.39, 0.29) is 18.8 Å². The summed E-state index contributed by atoms with van der Waals surface area (Å²) in [6.45, 7) is 0.311. The summed E-state index contributed by atoms with van der Waals surface area (Å²) >= 11 is 5.70. The van der Waals surface area contributed by atoms with Crippen molar-refractivity contribution in [1.29, 1.82) is 0 Å². The zero-order chi connectivity index (χ0) is 12.9. The maximum Gasteiger partial charge on any atom is 0.269 e. The van der Waals surface area contributed by atoms with E-state index in [1.165, 1.54) is 12.3 Å². The lowest BCUT2D eigenvalue weighted by molar-refractivity contribution is 0.0949. The van der Waals surface area contributed by atoms with Crippen LogP contribution < -0.4 is 10.0 Å². The Kier molecular flexibility index (Phi) is 4.86. The number of aromatic nitrogens is 1. The lowest BCUT2D eigenvalue weighted by Crippen LogP contribution is -2.34. The van der Waals surface area contributed by atoms with Crippen molar-refractivity contribution < 1.29 is 13.2 Å². The van der Waals surface area contributed by atoms with Gasteiger partial charge in [-0.15, -0.1) is 0 Å². The number of nitrogens with zero attached hydrogens (tertiary/aromatic N) is 1. The lowest BCUT2D eigenvalue weighted by atomic mass is 10.3. The Bertz CT molecular complexity index is 504. The SMILES string of the molecule is CS(=O)(=O)NCCNC(=O)c1cc(Cl)ccn1. The van der Waals surface area contributed by atoms with Crippen LogP contribution in [-0.2, 0) is 10.0 Å². The van der Waals surface area contributed by atoms with Crippen LogP contribution in [0.4, 0.5) is 0 Å². The van der Waals surface area contributed by atoms with Crippen LogP contribution in [0.5, 0.6) is 0 Å². The maximum atomic E-state index is 11.5. The van der Waals surface area contributed by atoms with Gasteiger partial charge in [-0.1, -0.05) is 11.6 Å². The van der Waals surface area contributed by atoms with E-state index in [0.29, 0.717) is 5.02 Å². The van der Waals surface area contributed by atoms with Crippen molar-refractivity contribution in [3.8, 4) is 0 Å². The van der Waals surface area contributed by atoms with Gasteiger partial charge in [0.1, 0.15) is 5.69 Å². The molecule has 0 atom stereocenters. The van der Waals surface area contributed by atoms with Crippen molar-refractivity contribution in [2.45, 2.75) is 0 Å². The quantitative estimate of drug-likeness (QED) is 0.743. The third-order valence-corrected chi connectivity index (χ3v) is 2.69. The monoisotopic (exact) mass is 277 g/mol. The van der Waals surface area contributed by atoms with Gasteiger partial charge >= 0.3 is 0 Å². The Morgan fingerprint density at radius 1 is 1.47 bits per heavy atom. The number of halogens is 1. The van der Waals surface area contributed by atoms with Gasteiger partial charge in [0.2, 0.25) is 10.0 Å². The lowest BCUT2D eigenvalue weighted by Gasteiger charge is -2.05. The summed E-state index contributed by atoms with van der Waals surface area (Å²) in [5.41, 5.74) is 0.192. The summed E-state index contributed by atoms with van der Waals surface area (Å²) in [7, 11) is -3.23. The minimum Gasteiger partial charge on any atom is -0.349 e. The van der Waals surface area contributed by atoms with E-state index in [1.54, 1.807) is 6.07 Å². The third-order valence-electron chi connectivity index (χ3n) is 1.73. The Morgan fingerprint density at radius 3 is 2.76 bits per heavy atom. The minimum absolute atomic E-state index is 0.130. The molecule has 0 aromatic carbocycles. The van der Waals surface area contributed by atoms with Crippen LogP contribution in [0.2, 0.25) is 5.02 Å². The summed E-state index contributed by atoms with van der Waals surface area (Å²) in [5, 5.41) is 2.93. The molecule has 2 N–H and O–H groups in total. The highest BCUT2D eigenvalue weighted by Crippen LogP contribution is 2.07. The summed E-state index contributed by atoms with van der Waals surface area (Å²) in [4.78, 5) is 15.3. The predicted molar refractivity (Wildman–Crippen MR) is 64.4 cm³/mol. The van der Waals surface area contributed by atoms with Crippen molar-refractivity contribution in [2.24, 2.45) is 0 Å². The molecular formula is C9H12ClN3O3S. The predicted octanol–water partition coefficient (Wildman–Crippen LogP) is 0.0140. The van der Waals surface area contributed by atoms with Gasteiger partial charge < -0.3 is 5.32 Å². The molecule has 1 amide bonds. The Morgan fingerprint density at radius 2 is 2.18 bits per heavy atom. The smallest absolute Gasteiger partial charge is 0.269 e. The van der Waals surface area contributed by atoms with Crippen LogP contribution in [0.15, 0.2) is 18.3 Å². The standard InChI is InChI=1S/C9H12ClN3O3S/c1-17(15,16)13-5-4-12-9(14)8-6-7(10)2-3-11-8/h2-3,6,13H,4-5H2,1H3,(H,12,14). The van der Waals surface area contributed by atoms with Crippen LogP contribution in [-0.4, -0.2) is 38.7 Å². The number of rotatable bonds is 5. The van der Waals surface area contributed by atoms with Gasteiger partial charge in [0.25, 0.3) is 5.91 Å². The molecule has 1 heterocycles. The van der Waals surface area contributed by atoms with Crippen molar-refractivity contribution in [1.82, 2.24) is 15.0 Å². The highest BCUT2D eigenvalue weighted by atomic mass is 35.5. The zero-order valence-electron chi connectivity index (χ0n) is 9.10. The van der Waals surface area contributed by atoms with E-state index in [1.807, 2.05) is 0 Å². The number of carbonyl (C=O) groups excluding carboxylic acids is 1. The average Bonchev–Trinajstić information content (AvgIpc) is 2.23. The molecule has 0 aliphatic heterocycles. The maximum absolute atomic E-state index is 11.5. The largest absolute Gasteiger partial charge is 0.349 e. The fourth-order valence-electron chi connectivity index (χ4n) is 1.03. The molecule has 0 saturated carbocycles. The summed E-state index contributed by atoms with van der Waals surface area (Å²) in [5.74, 6) is -0.400. The second-order valence-electron chi connectivity index (χ2n) is 3.28. The molecule has 8 heteroatoms. The fourth-order valence-corrected chi connectivity index (χ4v) is 1.66. The van der Waals surface area contributed by atoms with Crippen LogP contribution in [0, 0.1) is 0 Å². The Hall–Kier alpha value is -1.18. The first-order valence-electron chi connectivity index (χ1n) is 4.73.